The van der Waals surface area contributed by atoms with Crippen LogP contribution in [0.1, 0.15) is 18.9 Å². The van der Waals surface area contributed by atoms with Gasteiger partial charge in [0.25, 0.3) is 0 Å². The predicted octanol–water partition coefficient (Wildman–Crippen LogP) is 0.627. The second-order valence-corrected chi connectivity index (χ2v) is 7.38. The van der Waals surface area contributed by atoms with Crippen LogP contribution in [0.25, 0.3) is 0 Å². The van der Waals surface area contributed by atoms with Crippen molar-refractivity contribution < 1.29 is 16.8 Å². The van der Waals surface area contributed by atoms with Gasteiger partial charge in [-0.2, -0.15) is 0 Å². The molecule has 0 aliphatic rings. The van der Waals surface area contributed by atoms with Crippen molar-refractivity contribution in [3.05, 3.63) is 29.8 Å². The Morgan fingerprint density at radius 2 is 1.67 bits per heavy atom. The lowest BCUT2D eigenvalue weighted by Gasteiger charge is -2.07. The van der Waals surface area contributed by atoms with Crippen molar-refractivity contribution in [2.75, 3.05) is 10.5 Å². The quantitative estimate of drug-likeness (QED) is 0.801. The number of nitrogens with one attached hydrogen (secondary N) is 1. The fraction of sp³-hybridized carbons (Fsp3) is 0.400. The molecule has 0 saturated heterocycles. The predicted molar refractivity (Wildman–Crippen MR) is 71.0 cm³/mol. The monoisotopic (exact) mass is 292 g/mol. The van der Waals surface area contributed by atoms with Gasteiger partial charge in [-0.3, -0.25) is 4.72 Å². The molecule has 0 radical (unpaired) electrons. The van der Waals surface area contributed by atoms with E-state index in [4.69, 9.17) is 5.14 Å². The van der Waals surface area contributed by atoms with Crippen LogP contribution < -0.4 is 9.86 Å². The van der Waals surface area contributed by atoms with E-state index < -0.39 is 20.0 Å². The second-order valence-electron chi connectivity index (χ2n) is 3.93. The molecule has 102 valence electrons. The molecule has 0 aromatic heterocycles. The standard InChI is InChI=1S/C10H16N2O4S2/c1-2-7-18(15,16)12-10-5-3-9(4-6-10)8-17(11,13)14/h3-6,12H,2,7-8H2,1H3,(H2,11,13,14). The van der Waals surface area contributed by atoms with Crippen LogP contribution in [0.4, 0.5) is 5.69 Å². The third kappa shape index (κ3) is 5.48. The molecule has 0 atom stereocenters. The van der Waals surface area contributed by atoms with Crippen LogP contribution in [0.15, 0.2) is 24.3 Å². The molecule has 3 N–H and O–H groups in total. The van der Waals surface area contributed by atoms with Gasteiger partial charge in [0.15, 0.2) is 0 Å². The minimum atomic E-state index is -3.57. The molecule has 18 heavy (non-hydrogen) atoms. The molecule has 0 aliphatic heterocycles. The van der Waals surface area contributed by atoms with Gasteiger partial charge in [-0.1, -0.05) is 19.1 Å². The van der Waals surface area contributed by atoms with Crippen LogP contribution in [0, 0.1) is 0 Å². The highest BCUT2D eigenvalue weighted by atomic mass is 32.2. The molecule has 0 saturated carbocycles. The molecule has 0 aliphatic carbocycles. The van der Waals surface area contributed by atoms with Crippen LogP contribution in [-0.2, 0) is 25.8 Å². The van der Waals surface area contributed by atoms with Gasteiger partial charge in [0.2, 0.25) is 20.0 Å². The van der Waals surface area contributed by atoms with Crippen molar-refractivity contribution >= 4 is 25.7 Å². The first kappa shape index (κ1) is 14.9. The average molecular weight is 292 g/mol. The van der Waals surface area contributed by atoms with E-state index in [-0.39, 0.29) is 11.5 Å². The molecular weight excluding hydrogens is 276 g/mol. The maximum atomic E-state index is 11.5. The zero-order valence-electron chi connectivity index (χ0n) is 9.96. The summed E-state index contributed by atoms with van der Waals surface area (Å²) >= 11 is 0. The number of hydrogen-bond acceptors (Lipinski definition) is 4. The van der Waals surface area contributed by atoms with Crippen molar-refractivity contribution in [1.29, 1.82) is 0 Å². The minimum Gasteiger partial charge on any atom is -0.284 e. The van der Waals surface area contributed by atoms with Crippen LogP contribution in [0.3, 0.4) is 0 Å². The highest BCUT2D eigenvalue weighted by Gasteiger charge is 2.09. The Morgan fingerprint density at radius 3 is 2.11 bits per heavy atom. The highest BCUT2D eigenvalue weighted by molar-refractivity contribution is 7.92. The van der Waals surface area contributed by atoms with Gasteiger partial charge in [-0.25, -0.2) is 22.0 Å². The molecule has 1 rings (SSSR count). The SMILES string of the molecule is CCCS(=O)(=O)Nc1ccc(CS(N)(=O)=O)cc1. The van der Waals surface area contributed by atoms with E-state index in [1.165, 1.54) is 24.3 Å². The summed E-state index contributed by atoms with van der Waals surface area (Å²) in [6.45, 7) is 1.77. The van der Waals surface area contributed by atoms with E-state index in [1.807, 2.05) is 0 Å². The van der Waals surface area contributed by atoms with E-state index in [1.54, 1.807) is 6.92 Å². The van der Waals surface area contributed by atoms with E-state index >= 15 is 0 Å². The normalized spacial score (nSPS) is 12.3. The molecular formula is C10H16N2O4S2. The zero-order valence-corrected chi connectivity index (χ0v) is 11.6. The number of rotatable bonds is 6. The van der Waals surface area contributed by atoms with Crippen LogP contribution in [0.5, 0.6) is 0 Å². The average Bonchev–Trinajstić information content (AvgIpc) is 2.18. The van der Waals surface area contributed by atoms with Gasteiger partial charge in [0.1, 0.15) is 0 Å². The lowest BCUT2D eigenvalue weighted by molar-refractivity contribution is 0.596. The number of nitrogens with two attached hydrogens (primary N) is 1. The summed E-state index contributed by atoms with van der Waals surface area (Å²) in [7, 11) is -6.90. The molecule has 0 bridgehead atoms. The Morgan fingerprint density at radius 1 is 1.11 bits per heavy atom. The lowest BCUT2D eigenvalue weighted by Crippen LogP contribution is -2.16. The third-order valence-corrected chi connectivity index (χ3v) is 4.30. The molecule has 0 fully saturated rings. The smallest absolute Gasteiger partial charge is 0.232 e. The number of hydrogen-bond donors (Lipinski definition) is 2. The summed E-state index contributed by atoms with van der Waals surface area (Å²) < 4.78 is 47.1. The van der Waals surface area contributed by atoms with E-state index in [9.17, 15) is 16.8 Å². The Kier molecular flexibility index (Phi) is 4.71. The van der Waals surface area contributed by atoms with Gasteiger partial charge in [-0.05, 0) is 24.1 Å². The molecule has 0 spiro atoms. The van der Waals surface area contributed by atoms with E-state index in [0.717, 1.165) is 0 Å². The van der Waals surface area contributed by atoms with Gasteiger partial charge >= 0.3 is 0 Å². The first-order chi connectivity index (χ1) is 8.22. The van der Waals surface area contributed by atoms with Gasteiger partial charge < -0.3 is 0 Å². The lowest BCUT2D eigenvalue weighted by atomic mass is 10.2. The third-order valence-electron chi connectivity index (χ3n) is 2.07. The van der Waals surface area contributed by atoms with Crippen molar-refractivity contribution in [3.8, 4) is 0 Å². The van der Waals surface area contributed by atoms with Crippen molar-refractivity contribution in [3.63, 3.8) is 0 Å². The number of sulfonamides is 2. The number of primary sulfonamides is 1. The zero-order chi connectivity index (χ0) is 13.8. The highest BCUT2D eigenvalue weighted by Crippen LogP contribution is 2.13. The Hall–Kier alpha value is -1.12. The van der Waals surface area contributed by atoms with Crippen molar-refractivity contribution in [2.45, 2.75) is 19.1 Å². The number of anilines is 1. The topological polar surface area (TPSA) is 106 Å². The first-order valence-corrected chi connectivity index (χ1v) is 8.68. The van der Waals surface area contributed by atoms with Crippen molar-refractivity contribution in [1.82, 2.24) is 0 Å². The fourth-order valence-electron chi connectivity index (χ4n) is 1.40. The van der Waals surface area contributed by atoms with Gasteiger partial charge in [0.05, 0.1) is 11.5 Å². The Labute approximate surface area is 107 Å². The van der Waals surface area contributed by atoms with Gasteiger partial charge in [-0.15, -0.1) is 0 Å². The minimum absolute atomic E-state index is 0.0476. The Balaban J connectivity index is 2.78. The van der Waals surface area contributed by atoms with Crippen LogP contribution >= 0.6 is 0 Å². The van der Waals surface area contributed by atoms with E-state index in [0.29, 0.717) is 17.7 Å². The molecule has 1 aromatic carbocycles. The summed E-state index contributed by atoms with van der Waals surface area (Å²) in [6, 6.07) is 6.06. The van der Waals surface area contributed by atoms with Crippen LogP contribution in [0.2, 0.25) is 0 Å². The Bertz CT molecular complexity index is 591. The maximum absolute atomic E-state index is 11.5. The second kappa shape index (κ2) is 5.68. The maximum Gasteiger partial charge on any atom is 0.232 e. The largest absolute Gasteiger partial charge is 0.284 e. The molecule has 8 heteroatoms. The molecule has 1 aromatic rings. The molecule has 0 amide bonds. The molecule has 0 heterocycles. The number of benzene rings is 1. The summed E-state index contributed by atoms with van der Waals surface area (Å²) in [4.78, 5) is 0. The summed E-state index contributed by atoms with van der Waals surface area (Å²) in [5.74, 6) is -0.221. The summed E-state index contributed by atoms with van der Waals surface area (Å²) in [6.07, 6.45) is 0.527. The fourth-order valence-corrected chi connectivity index (χ4v) is 3.19. The summed E-state index contributed by atoms with van der Waals surface area (Å²) in [5.41, 5.74) is 0.914. The van der Waals surface area contributed by atoms with Gasteiger partial charge in [0, 0.05) is 5.69 Å². The van der Waals surface area contributed by atoms with Crippen LogP contribution in [-0.4, -0.2) is 22.6 Å². The first-order valence-electron chi connectivity index (χ1n) is 5.32. The molecule has 0 unspecified atom stereocenters. The van der Waals surface area contributed by atoms with E-state index in [2.05, 4.69) is 4.72 Å². The van der Waals surface area contributed by atoms with Crippen molar-refractivity contribution in [2.24, 2.45) is 5.14 Å². The molecule has 6 nitrogen and oxygen atoms in total. The summed E-state index contributed by atoms with van der Waals surface area (Å²) in [5, 5.41) is 4.91.